The van der Waals surface area contributed by atoms with Crippen LogP contribution in [0.1, 0.15) is 0 Å². The van der Waals surface area contributed by atoms with E-state index in [0.29, 0.717) is 17.3 Å². The van der Waals surface area contributed by atoms with Crippen molar-refractivity contribution in [3.63, 3.8) is 0 Å². The molecule has 0 fully saturated rings. The van der Waals surface area contributed by atoms with E-state index in [9.17, 15) is 0 Å². The third-order valence-corrected chi connectivity index (χ3v) is 2.18. The summed E-state index contributed by atoms with van der Waals surface area (Å²) in [4.78, 5) is 3.95. The first-order chi connectivity index (χ1) is 7.74. The van der Waals surface area contributed by atoms with Gasteiger partial charge in [-0.1, -0.05) is 0 Å². The lowest BCUT2D eigenvalue weighted by molar-refractivity contribution is 0.354. The summed E-state index contributed by atoms with van der Waals surface area (Å²) in [5.41, 5.74) is 6.41. The van der Waals surface area contributed by atoms with Crippen molar-refractivity contribution in [3.05, 3.63) is 30.7 Å². The van der Waals surface area contributed by atoms with Crippen LogP contribution >= 0.6 is 0 Å². The number of imidazole rings is 1. The van der Waals surface area contributed by atoms with Crippen molar-refractivity contribution in [2.24, 2.45) is 0 Å². The summed E-state index contributed by atoms with van der Waals surface area (Å²) >= 11 is 0. The molecule has 0 atom stereocenters. The first-order valence-electron chi connectivity index (χ1n) is 4.68. The van der Waals surface area contributed by atoms with Gasteiger partial charge in [0.2, 0.25) is 0 Å². The van der Waals surface area contributed by atoms with Crippen LogP contribution < -0.4 is 15.2 Å². The number of benzene rings is 1. The molecular weight excluding hydrogens is 206 g/mol. The lowest BCUT2D eigenvalue weighted by Crippen LogP contribution is -1.95. The smallest absolute Gasteiger partial charge is 0.168 e. The molecule has 1 radical (unpaired) electrons. The Balaban J connectivity index is 2.43. The van der Waals surface area contributed by atoms with Gasteiger partial charge in [-0.25, -0.2) is 4.98 Å². The van der Waals surface area contributed by atoms with Crippen molar-refractivity contribution in [3.8, 4) is 17.2 Å². The van der Waals surface area contributed by atoms with Crippen LogP contribution in [0.25, 0.3) is 5.69 Å². The lowest BCUT2D eigenvalue weighted by atomic mass is 10.2. The van der Waals surface area contributed by atoms with Crippen LogP contribution in [0.15, 0.2) is 24.7 Å². The van der Waals surface area contributed by atoms with Gasteiger partial charge in [-0.15, -0.1) is 0 Å². The third kappa shape index (κ3) is 1.79. The maximum Gasteiger partial charge on any atom is 0.168 e. The van der Waals surface area contributed by atoms with Crippen molar-refractivity contribution >= 4 is 5.82 Å². The van der Waals surface area contributed by atoms with Crippen LogP contribution in [-0.2, 0) is 0 Å². The van der Waals surface area contributed by atoms with Crippen LogP contribution in [0.3, 0.4) is 0 Å². The summed E-state index contributed by atoms with van der Waals surface area (Å²) in [7, 11) is 3.15. The molecule has 83 valence electrons. The minimum Gasteiger partial charge on any atom is -0.493 e. The predicted molar refractivity (Wildman–Crippen MR) is 59.9 cm³/mol. The number of nitrogen functional groups attached to an aromatic ring is 1. The summed E-state index contributed by atoms with van der Waals surface area (Å²) < 4.78 is 12.1. The first-order valence-corrected chi connectivity index (χ1v) is 4.68. The van der Waals surface area contributed by atoms with E-state index in [1.807, 2.05) is 6.07 Å². The van der Waals surface area contributed by atoms with Gasteiger partial charge in [-0.2, -0.15) is 0 Å². The number of methoxy groups -OCH3 is 2. The highest BCUT2D eigenvalue weighted by molar-refractivity contribution is 5.48. The van der Waals surface area contributed by atoms with Gasteiger partial charge in [0.1, 0.15) is 12.1 Å². The fourth-order valence-corrected chi connectivity index (χ4v) is 1.39. The van der Waals surface area contributed by atoms with E-state index in [1.165, 1.54) is 0 Å². The van der Waals surface area contributed by atoms with Crippen LogP contribution in [0.5, 0.6) is 11.5 Å². The second-order valence-corrected chi connectivity index (χ2v) is 3.17. The topological polar surface area (TPSA) is 62.3 Å². The van der Waals surface area contributed by atoms with Gasteiger partial charge in [0, 0.05) is 12.1 Å². The summed E-state index contributed by atoms with van der Waals surface area (Å²) in [6, 6.07) is 6.59. The quantitative estimate of drug-likeness (QED) is 0.842. The summed E-state index contributed by atoms with van der Waals surface area (Å²) in [6.45, 7) is 0. The van der Waals surface area contributed by atoms with E-state index in [4.69, 9.17) is 15.2 Å². The third-order valence-electron chi connectivity index (χ3n) is 2.18. The maximum absolute atomic E-state index is 5.54. The summed E-state index contributed by atoms with van der Waals surface area (Å²) in [6.07, 6.45) is 3.35. The highest BCUT2D eigenvalue weighted by Crippen LogP contribution is 2.28. The van der Waals surface area contributed by atoms with E-state index in [1.54, 1.807) is 37.4 Å². The second-order valence-electron chi connectivity index (χ2n) is 3.17. The molecule has 0 aliphatic heterocycles. The van der Waals surface area contributed by atoms with Gasteiger partial charge in [-0.05, 0) is 6.07 Å². The normalized spacial score (nSPS) is 10.1. The van der Waals surface area contributed by atoms with Gasteiger partial charge in [0.05, 0.1) is 26.1 Å². The zero-order valence-electron chi connectivity index (χ0n) is 9.10. The molecular formula is C11H12N3O2. The van der Waals surface area contributed by atoms with Crippen LogP contribution in [-0.4, -0.2) is 23.8 Å². The molecule has 0 aliphatic carbocycles. The van der Waals surface area contributed by atoms with Crippen molar-refractivity contribution in [1.82, 2.24) is 9.55 Å². The number of ether oxygens (including phenoxy) is 2. The van der Waals surface area contributed by atoms with Crippen LogP contribution in [0, 0.1) is 6.07 Å². The van der Waals surface area contributed by atoms with Crippen LogP contribution in [0.2, 0.25) is 0 Å². The second kappa shape index (κ2) is 4.14. The molecule has 0 saturated heterocycles. The summed E-state index contributed by atoms with van der Waals surface area (Å²) in [5.74, 6) is 1.65. The molecule has 2 rings (SSSR count). The molecule has 0 amide bonds. The maximum atomic E-state index is 5.54. The Morgan fingerprint density at radius 2 is 2.19 bits per heavy atom. The van der Waals surface area contributed by atoms with E-state index in [2.05, 4.69) is 11.1 Å². The number of nitrogens with two attached hydrogens (primary N) is 1. The van der Waals surface area contributed by atoms with Gasteiger partial charge in [0.25, 0.3) is 0 Å². The predicted octanol–water partition coefficient (Wildman–Crippen LogP) is 1.27. The lowest BCUT2D eigenvalue weighted by Gasteiger charge is -2.09. The SMILES string of the molecule is COc1[c]cc(-n2cnc(N)c2)cc1OC. The average molecular weight is 218 g/mol. The number of hydrogen-bond acceptors (Lipinski definition) is 4. The van der Waals surface area contributed by atoms with Crippen molar-refractivity contribution in [1.29, 1.82) is 0 Å². The highest BCUT2D eigenvalue weighted by Gasteiger charge is 2.06. The van der Waals surface area contributed by atoms with Gasteiger partial charge in [-0.3, -0.25) is 0 Å². The average Bonchev–Trinajstić information content (AvgIpc) is 2.75. The Labute approximate surface area is 93.4 Å². The molecule has 0 aliphatic rings. The van der Waals surface area contributed by atoms with Gasteiger partial charge >= 0.3 is 0 Å². The monoisotopic (exact) mass is 218 g/mol. The highest BCUT2D eigenvalue weighted by atomic mass is 16.5. The largest absolute Gasteiger partial charge is 0.493 e. The molecule has 0 unspecified atom stereocenters. The van der Waals surface area contributed by atoms with Gasteiger partial charge < -0.3 is 19.8 Å². The van der Waals surface area contributed by atoms with Crippen molar-refractivity contribution in [2.75, 3.05) is 20.0 Å². The molecule has 2 N–H and O–H groups in total. The number of rotatable bonds is 3. The fraction of sp³-hybridized carbons (Fsp3) is 0.182. The van der Waals surface area contributed by atoms with Crippen molar-refractivity contribution in [2.45, 2.75) is 0 Å². The molecule has 0 saturated carbocycles. The molecule has 1 aromatic heterocycles. The van der Waals surface area contributed by atoms with Gasteiger partial charge in [0.15, 0.2) is 11.5 Å². The fourth-order valence-electron chi connectivity index (χ4n) is 1.39. The molecule has 5 nitrogen and oxygen atoms in total. The molecule has 1 heterocycles. The van der Waals surface area contributed by atoms with Crippen LogP contribution in [0.4, 0.5) is 5.82 Å². The summed E-state index contributed by atoms with van der Waals surface area (Å²) in [5, 5.41) is 0. The number of anilines is 1. The molecule has 16 heavy (non-hydrogen) atoms. The number of hydrogen-bond donors (Lipinski definition) is 1. The first kappa shape index (κ1) is 10.4. The Hall–Kier alpha value is -2.17. The van der Waals surface area contributed by atoms with E-state index >= 15 is 0 Å². The molecule has 0 spiro atoms. The zero-order valence-corrected chi connectivity index (χ0v) is 9.10. The zero-order chi connectivity index (χ0) is 11.5. The molecule has 2 aromatic rings. The van der Waals surface area contributed by atoms with E-state index in [0.717, 1.165) is 5.69 Å². The number of aromatic nitrogens is 2. The minimum absolute atomic E-state index is 0.467. The van der Waals surface area contributed by atoms with E-state index < -0.39 is 0 Å². The minimum atomic E-state index is 0.467. The Kier molecular flexibility index (Phi) is 2.68. The van der Waals surface area contributed by atoms with Crippen molar-refractivity contribution < 1.29 is 9.47 Å². The Bertz CT molecular complexity index is 494. The standard InChI is InChI=1S/C11H12N3O2/c1-15-9-4-3-8(5-10(9)16-2)14-6-11(12)13-7-14/h3,5-7H,12H2,1-2H3. The Morgan fingerprint density at radius 1 is 1.38 bits per heavy atom. The van der Waals surface area contributed by atoms with E-state index in [-0.39, 0.29) is 0 Å². The Morgan fingerprint density at radius 3 is 2.75 bits per heavy atom. The molecule has 0 bridgehead atoms. The number of nitrogens with zero attached hydrogens (tertiary/aromatic N) is 2. The molecule has 5 heteroatoms. The molecule has 1 aromatic carbocycles.